The van der Waals surface area contributed by atoms with E-state index in [1.54, 1.807) is 0 Å². The Bertz CT molecular complexity index is 605. The van der Waals surface area contributed by atoms with E-state index in [1.165, 1.54) is 11.1 Å². The van der Waals surface area contributed by atoms with Crippen LogP contribution in [0.5, 0.6) is 0 Å². The standard InChI is InChI=1S/C16H18N2S/c1-3-12-6-4-5-7-14(12)18-15-10-11(2)8-9-13(15)16(17)19/h4-10,18H,3H2,1-2H3,(H2,17,19). The molecule has 0 aromatic heterocycles. The van der Waals surface area contributed by atoms with Gasteiger partial charge in [0.2, 0.25) is 0 Å². The Balaban J connectivity index is 2.42. The maximum absolute atomic E-state index is 5.78. The number of benzene rings is 2. The number of hydrogen-bond acceptors (Lipinski definition) is 2. The van der Waals surface area contributed by atoms with Crippen LogP contribution in [-0.2, 0) is 6.42 Å². The van der Waals surface area contributed by atoms with Crippen LogP contribution in [0.3, 0.4) is 0 Å². The highest BCUT2D eigenvalue weighted by molar-refractivity contribution is 7.80. The zero-order chi connectivity index (χ0) is 13.8. The summed E-state index contributed by atoms with van der Waals surface area (Å²) in [7, 11) is 0. The van der Waals surface area contributed by atoms with Crippen molar-refractivity contribution in [2.75, 3.05) is 5.32 Å². The molecule has 0 aliphatic carbocycles. The lowest BCUT2D eigenvalue weighted by molar-refractivity contribution is 1.14. The molecule has 0 amide bonds. The summed E-state index contributed by atoms with van der Waals surface area (Å²) in [6.07, 6.45) is 0.984. The molecule has 3 N–H and O–H groups in total. The van der Waals surface area contributed by atoms with Crippen LogP contribution in [0, 0.1) is 6.92 Å². The molecule has 2 aromatic rings. The van der Waals surface area contributed by atoms with Gasteiger partial charge in [-0.2, -0.15) is 0 Å². The van der Waals surface area contributed by atoms with E-state index in [-0.39, 0.29) is 0 Å². The largest absolute Gasteiger partial charge is 0.389 e. The number of nitrogens with two attached hydrogens (primary N) is 1. The predicted molar refractivity (Wildman–Crippen MR) is 86.2 cm³/mol. The lowest BCUT2D eigenvalue weighted by atomic mass is 10.1. The van der Waals surface area contributed by atoms with Crippen molar-refractivity contribution in [3.8, 4) is 0 Å². The lowest BCUT2D eigenvalue weighted by Crippen LogP contribution is -2.12. The van der Waals surface area contributed by atoms with Crippen molar-refractivity contribution in [3.63, 3.8) is 0 Å². The molecular formula is C16H18N2S. The number of para-hydroxylation sites is 1. The van der Waals surface area contributed by atoms with Crippen molar-refractivity contribution in [3.05, 3.63) is 59.2 Å². The Hall–Kier alpha value is -1.87. The SMILES string of the molecule is CCc1ccccc1Nc1cc(C)ccc1C(N)=S. The van der Waals surface area contributed by atoms with Crippen molar-refractivity contribution in [2.24, 2.45) is 5.73 Å². The summed E-state index contributed by atoms with van der Waals surface area (Å²) in [5.74, 6) is 0. The van der Waals surface area contributed by atoms with Crippen LogP contribution in [0.15, 0.2) is 42.5 Å². The van der Waals surface area contributed by atoms with Gasteiger partial charge in [0.05, 0.1) is 0 Å². The Labute approximate surface area is 119 Å². The average molecular weight is 270 g/mol. The number of thiocarbonyl (C=S) groups is 1. The summed E-state index contributed by atoms with van der Waals surface area (Å²) in [6, 6.07) is 14.3. The van der Waals surface area contributed by atoms with Gasteiger partial charge in [0.25, 0.3) is 0 Å². The Morgan fingerprint density at radius 2 is 1.89 bits per heavy atom. The minimum absolute atomic E-state index is 0.413. The fourth-order valence-electron chi connectivity index (χ4n) is 2.07. The van der Waals surface area contributed by atoms with Crippen LogP contribution >= 0.6 is 12.2 Å². The predicted octanol–water partition coefficient (Wildman–Crippen LogP) is 3.94. The van der Waals surface area contributed by atoms with Gasteiger partial charge in [0, 0.05) is 16.9 Å². The second kappa shape index (κ2) is 5.85. The van der Waals surface area contributed by atoms with Gasteiger partial charge in [0.1, 0.15) is 4.99 Å². The van der Waals surface area contributed by atoms with Crippen LogP contribution in [0.4, 0.5) is 11.4 Å². The molecule has 0 bridgehead atoms. The first-order valence-electron chi connectivity index (χ1n) is 6.37. The molecule has 19 heavy (non-hydrogen) atoms. The van der Waals surface area contributed by atoms with E-state index in [2.05, 4.69) is 43.4 Å². The van der Waals surface area contributed by atoms with Gasteiger partial charge in [-0.15, -0.1) is 0 Å². The van der Waals surface area contributed by atoms with Gasteiger partial charge in [-0.05, 0) is 42.7 Å². The van der Waals surface area contributed by atoms with E-state index >= 15 is 0 Å². The molecule has 0 atom stereocenters. The molecule has 0 heterocycles. The van der Waals surface area contributed by atoms with E-state index in [4.69, 9.17) is 18.0 Å². The third-order valence-corrected chi connectivity index (χ3v) is 3.33. The summed E-state index contributed by atoms with van der Waals surface area (Å²) < 4.78 is 0. The van der Waals surface area contributed by atoms with Gasteiger partial charge in [0.15, 0.2) is 0 Å². The lowest BCUT2D eigenvalue weighted by Gasteiger charge is -2.14. The van der Waals surface area contributed by atoms with E-state index in [9.17, 15) is 0 Å². The second-order valence-electron chi connectivity index (χ2n) is 4.55. The summed E-state index contributed by atoms with van der Waals surface area (Å²) in [6.45, 7) is 4.20. The Morgan fingerprint density at radius 1 is 1.16 bits per heavy atom. The topological polar surface area (TPSA) is 38.0 Å². The molecule has 0 unspecified atom stereocenters. The number of nitrogens with one attached hydrogen (secondary N) is 1. The molecule has 98 valence electrons. The molecule has 2 aromatic carbocycles. The van der Waals surface area contributed by atoms with Gasteiger partial charge in [-0.1, -0.05) is 43.4 Å². The fourth-order valence-corrected chi connectivity index (χ4v) is 2.25. The third kappa shape index (κ3) is 3.12. The molecule has 0 aliphatic rings. The van der Waals surface area contributed by atoms with Gasteiger partial charge >= 0.3 is 0 Å². The summed E-state index contributed by atoms with van der Waals surface area (Å²) in [4.78, 5) is 0.413. The first-order chi connectivity index (χ1) is 9.11. The zero-order valence-electron chi connectivity index (χ0n) is 11.2. The van der Waals surface area contributed by atoms with E-state index in [0.717, 1.165) is 23.4 Å². The van der Waals surface area contributed by atoms with Crippen LogP contribution in [0.1, 0.15) is 23.6 Å². The number of aryl methyl sites for hydroxylation is 2. The average Bonchev–Trinajstić information content (AvgIpc) is 2.39. The highest BCUT2D eigenvalue weighted by atomic mass is 32.1. The maximum Gasteiger partial charge on any atom is 0.106 e. The van der Waals surface area contributed by atoms with E-state index in [1.807, 2.05) is 18.2 Å². The molecule has 0 spiro atoms. The maximum atomic E-state index is 5.78. The second-order valence-corrected chi connectivity index (χ2v) is 4.99. The number of rotatable bonds is 4. The van der Waals surface area contributed by atoms with Crippen molar-refractivity contribution in [1.29, 1.82) is 0 Å². The first kappa shape index (κ1) is 13.6. The smallest absolute Gasteiger partial charge is 0.106 e. The molecule has 0 saturated carbocycles. The molecule has 0 saturated heterocycles. The first-order valence-corrected chi connectivity index (χ1v) is 6.78. The van der Waals surface area contributed by atoms with Gasteiger partial charge in [-0.3, -0.25) is 0 Å². The molecule has 2 nitrogen and oxygen atoms in total. The Morgan fingerprint density at radius 3 is 2.58 bits per heavy atom. The molecule has 0 radical (unpaired) electrons. The monoisotopic (exact) mass is 270 g/mol. The fraction of sp³-hybridized carbons (Fsp3) is 0.188. The minimum atomic E-state index is 0.413. The van der Waals surface area contributed by atoms with Crippen LogP contribution in [-0.4, -0.2) is 4.99 Å². The van der Waals surface area contributed by atoms with Crippen LogP contribution in [0.2, 0.25) is 0 Å². The summed E-state index contributed by atoms with van der Waals surface area (Å²) in [5, 5.41) is 3.45. The minimum Gasteiger partial charge on any atom is -0.389 e. The summed E-state index contributed by atoms with van der Waals surface area (Å²) >= 11 is 5.11. The summed E-state index contributed by atoms with van der Waals surface area (Å²) in [5.41, 5.74) is 11.2. The van der Waals surface area contributed by atoms with Crippen LogP contribution in [0.25, 0.3) is 0 Å². The van der Waals surface area contributed by atoms with E-state index in [0.29, 0.717) is 4.99 Å². The van der Waals surface area contributed by atoms with Gasteiger partial charge in [-0.25, -0.2) is 0 Å². The quantitative estimate of drug-likeness (QED) is 0.827. The number of hydrogen-bond donors (Lipinski definition) is 2. The van der Waals surface area contributed by atoms with Crippen LogP contribution < -0.4 is 11.1 Å². The Kier molecular flexibility index (Phi) is 4.17. The number of anilines is 2. The van der Waals surface area contributed by atoms with Crippen molar-refractivity contribution in [1.82, 2.24) is 0 Å². The van der Waals surface area contributed by atoms with Crippen molar-refractivity contribution in [2.45, 2.75) is 20.3 Å². The molecule has 0 fully saturated rings. The zero-order valence-corrected chi connectivity index (χ0v) is 12.1. The normalized spacial score (nSPS) is 10.2. The van der Waals surface area contributed by atoms with E-state index < -0.39 is 0 Å². The highest BCUT2D eigenvalue weighted by Gasteiger charge is 2.07. The van der Waals surface area contributed by atoms with Crippen molar-refractivity contribution < 1.29 is 0 Å². The van der Waals surface area contributed by atoms with Crippen molar-refractivity contribution >= 4 is 28.6 Å². The molecule has 2 rings (SSSR count). The van der Waals surface area contributed by atoms with Gasteiger partial charge < -0.3 is 11.1 Å². The third-order valence-electron chi connectivity index (χ3n) is 3.11. The molecular weight excluding hydrogens is 252 g/mol. The molecule has 0 aliphatic heterocycles. The molecule has 3 heteroatoms. The highest BCUT2D eigenvalue weighted by Crippen LogP contribution is 2.25.